The second kappa shape index (κ2) is 2.67. The van der Waals surface area contributed by atoms with Crippen LogP contribution in [0.4, 0.5) is 13.2 Å². The second-order valence-electron chi connectivity index (χ2n) is 3.39. The third kappa shape index (κ3) is 2.85. The van der Waals surface area contributed by atoms with Crippen molar-refractivity contribution in [2.45, 2.75) is 25.4 Å². The van der Waals surface area contributed by atoms with Gasteiger partial charge in [-0.05, 0) is 0 Å². The van der Waals surface area contributed by atoms with E-state index in [9.17, 15) is 13.2 Å². The molecule has 10 heavy (non-hydrogen) atoms. The zero-order valence-electron chi connectivity index (χ0n) is 6.29. The number of halogens is 3. The Bertz CT molecular complexity index is 103. The summed E-state index contributed by atoms with van der Waals surface area (Å²) in [7, 11) is -5.04. The summed E-state index contributed by atoms with van der Waals surface area (Å²) in [5, 5.41) is 5.10. The van der Waals surface area contributed by atoms with Crippen LogP contribution >= 0.6 is 0 Å². The van der Waals surface area contributed by atoms with Gasteiger partial charge in [-0.15, -0.1) is 0 Å². The van der Waals surface area contributed by atoms with Crippen LogP contribution < -0.4 is 5.40 Å². The maximum atomic E-state index is 11.9. The molecule has 0 radical (unpaired) electrons. The van der Waals surface area contributed by atoms with Gasteiger partial charge in [0.05, 0.1) is 7.59 Å². The van der Waals surface area contributed by atoms with Crippen molar-refractivity contribution < 1.29 is 13.2 Å². The summed E-state index contributed by atoms with van der Waals surface area (Å²) in [6, 6.07) is 0. The third-order valence-corrected chi connectivity index (χ3v) is 10.4. The quantitative estimate of drug-likeness (QED) is 0.613. The van der Waals surface area contributed by atoms with Crippen molar-refractivity contribution in [2.75, 3.05) is 0 Å². The summed E-state index contributed by atoms with van der Waals surface area (Å²) >= 11 is 0. The summed E-state index contributed by atoms with van der Waals surface area (Å²) in [6.45, 7) is 4.99. The lowest BCUT2D eigenvalue weighted by Crippen LogP contribution is -2.60. The van der Waals surface area contributed by atoms with E-state index in [1.165, 1.54) is 0 Å². The highest BCUT2D eigenvalue weighted by Gasteiger charge is 2.46. The molecule has 1 nitrogen and oxygen atoms in total. The van der Waals surface area contributed by atoms with E-state index in [2.05, 4.69) is 0 Å². The molecule has 0 heterocycles. The van der Waals surface area contributed by atoms with Crippen molar-refractivity contribution in [2.24, 2.45) is 5.40 Å². The SMILES string of the molecule is C[Si](C)(C)[SiH](N)C(F)(F)F. The Labute approximate surface area is 60.9 Å². The number of rotatable bonds is 1. The Kier molecular flexibility index (Phi) is 2.72. The molecule has 0 rings (SSSR count). The van der Waals surface area contributed by atoms with Crippen LogP contribution in [0.25, 0.3) is 0 Å². The lowest BCUT2D eigenvalue weighted by atomic mass is 11.5. The first kappa shape index (κ1) is 10.2. The van der Waals surface area contributed by atoms with E-state index in [4.69, 9.17) is 5.40 Å². The highest BCUT2D eigenvalue weighted by molar-refractivity contribution is 7.31. The summed E-state index contributed by atoms with van der Waals surface area (Å²) < 4.78 is 35.7. The first-order valence-electron chi connectivity index (χ1n) is 2.98. The fourth-order valence-corrected chi connectivity index (χ4v) is 4.42. The van der Waals surface area contributed by atoms with Crippen molar-refractivity contribution in [1.29, 1.82) is 0 Å². The van der Waals surface area contributed by atoms with E-state index >= 15 is 0 Å². The van der Waals surface area contributed by atoms with Gasteiger partial charge in [0.1, 0.15) is 0 Å². The number of nitrogens with two attached hydrogens (primary N) is 1. The molecule has 0 amide bonds. The Hall–Kier alpha value is 0.184. The first-order valence-corrected chi connectivity index (χ1v) is 9.53. The standard InChI is InChI=1S/C4H12F3NSi2/c1-10(2,3)9(8)4(5,6)7/h9H,8H2,1-3H3. The topological polar surface area (TPSA) is 26.0 Å². The molecule has 1 atom stereocenters. The van der Waals surface area contributed by atoms with Gasteiger partial charge >= 0.3 is 5.80 Å². The molecule has 6 heteroatoms. The molecule has 62 valence electrons. The van der Waals surface area contributed by atoms with E-state index in [0.717, 1.165) is 0 Å². The average Bonchev–Trinajstić information content (AvgIpc) is 1.59. The van der Waals surface area contributed by atoms with Gasteiger partial charge < -0.3 is 5.40 Å². The maximum absolute atomic E-state index is 11.9. The van der Waals surface area contributed by atoms with Gasteiger partial charge in [0.2, 0.25) is 8.48 Å². The van der Waals surface area contributed by atoms with Gasteiger partial charge in [-0.25, -0.2) is 0 Å². The zero-order valence-corrected chi connectivity index (χ0v) is 8.44. The van der Waals surface area contributed by atoms with Crippen LogP contribution in [-0.2, 0) is 0 Å². The summed E-state index contributed by atoms with van der Waals surface area (Å²) in [4.78, 5) is 0. The Morgan fingerprint density at radius 2 is 1.50 bits per heavy atom. The molecule has 0 aromatic heterocycles. The monoisotopic (exact) mass is 187 g/mol. The van der Waals surface area contributed by atoms with Gasteiger partial charge in [-0.2, -0.15) is 13.2 Å². The first-order chi connectivity index (χ1) is 4.15. The van der Waals surface area contributed by atoms with Crippen LogP contribution in [0, 0.1) is 0 Å². The van der Waals surface area contributed by atoms with E-state index in [1.807, 2.05) is 0 Å². The molecule has 2 N–H and O–H groups in total. The zero-order chi connectivity index (χ0) is 8.58. The molecule has 0 bridgehead atoms. The molecule has 0 saturated heterocycles. The van der Waals surface area contributed by atoms with Gasteiger partial charge in [-0.3, -0.25) is 0 Å². The summed E-state index contributed by atoms with van der Waals surface area (Å²) in [6.07, 6.45) is 0. The number of hydrogen-bond acceptors (Lipinski definition) is 1. The molecule has 0 aliphatic rings. The number of hydrogen-bond donors (Lipinski definition) is 1. The Morgan fingerprint density at radius 1 is 1.20 bits per heavy atom. The van der Waals surface area contributed by atoms with E-state index in [1.54, 1.807) is 19.6 Å². The third-order valence-electron chi connectivity index (χ3n) is 1.29. The van der Waals surface area contributed by atoms with Crippen LogP contribution in [0.5, 0.6) is 0 Å². The minimum absolute atomic E-state index is 1.66. The minimum Gasteiger partial charge on any atom is -0.348 e. The molecule has 0 spiro atoms. The predicted molar refractivity (Wildman–Crippen MR) is 40.7 cm³/mol. The van der Waals surface area contributed by atoms with Gasteiger partial charge in [0.25, 0.3) is 0 Å². The van der Waals surface area contributed by atoms with E-state index in [0.29, 0.717) is 0 Å². The van der Waals surface area contributed by atoms with Gasteiger partial charge in [-0.1, -0.05) is 19.6 Å². The van der Waals surface area contributed by atoms with Crippen molar-refractivity contribution in [3.05, 3.63) is 0 Å². The number of alkyl halides is 3. The summed E-state index contributed by atoms with van der Waals surface area (Å²) in [5.41, 5.74) is 0. The maximum Gasteiger partial charge on any atom is 0.370 e. The molecular formula is C4H12F3NSi2. The lowest BCUT2D eigenvalue weighted by molar-refractivity contribution is -0.0495. The fourth-order valence-electron chi connectivity index (χ4n) is 0.491. The largest absolute Gasteiger partial charge is 0.370 e. The predicted octanol–water partition coefficient (Wildman–Crippen LogP) is 1.19. The van der Waals surface area contributed by atoms with Gasteiger partial charge in [0, 0.05) is 0 Å². The normalized spacial score (nSPS) is 17.1. The molecule has 0 fully saturated rings. The average molecular weight is 187 g/mol. The highest BCUT2D eigenvalue weighted by atomic mass is 29.2. The minimum atomic E-state index is -4.08. The van der Waals surface area contributed by atoms with Gasteiger partial charge in [0.15, 0.2) is 0 Å². The molecular weight excluding hydrogens is 175 g/mol. The molecule has 0 aromatic carbocycles. The van der Waals surface area contributed by atoms with Crippen molar-refractivity contribution >= 4 is 16.1 Å². The lowest BCUT2D eigenvalue weighted by Gasteiger charge is -2.24. The summed E-state index contributed by atoms with van der Waals surface area (Å²) in [5.74, 6) is -4.08. The van der Waals surface area contributed by atoms with Crippen molar-refractivity contribution in [1.82, 2.24) is 0 Å². The van der Waals surface area contributed by atoms with Crippen molar-refractivity contribution in [3.63, 3.8) is 0 Å². The molecule has 1 unspecified atom stereocenters. The van der Waals surface area contributed by atoms with Crippen molar-refractivity contribution in [3.8, 4) is 0 Å². The van der Waals surface area contributed by atoms with E-state index < -0.39 is 21.9 Å². The molecule has 0 aliphatic carbocycles. The van der Waals surface area contributed by atoms with Crippen LogP contribution in [0.15, 0.2) is 0 Å². The second-order valence-corrected chi connectivity index (χ2v) is 16.8. The fraction of sp³-hybridized carbons (Fsp3) is 1.00. The van der Waals surface area contributed by atoms with E-state index in [-0.39, 0.29) is 0 Å². The highest BCUT2D eigenvalue weighted by Crippen LogP contribution is 2.21. The van der Waals surface area contributed by atoms with Crippen LogP contribution in [0.3, 0.4) is 0 Å². The Morgan fingerprint density at radius 3 is 1.50 bits per heavy atom. The Balaban J connectivity index is 4.23. The van der Waals surface area contributed by atoms with Crippen LogP contribution in [-0.4, -0.2) is 21.9 Å². The smallest absolute Gasteiger partial charge is 0.348 e. The van der Waals surface area contributed by atoms with Crippen LogP contribution in [0.1, 0.15) is 0 Å². The molecule has 0 saturated carbocycles. The molecule has 0 aromatic rings. The van der Waals surface area contributed by atoms with Crippen LogP contribution in [0.2, 0.25) is 19.6 Å². The molecule has 0 aliphatic heterocycles.